The average Bonchev–Trinajstić information content (AvgIpc) is 2.63. The summed E-state index contributed by atoms with van der Waals surface area (Å²) in [5.74, 6) is -0.175. The van der Waals surface area contributed by atoms with E-state index >= 15 is 0 Å². The van der Waals surface area contributed by atoms with Crippen molar-refractivity contribution in [2.45, 2.75) is 37.6 Å². The van der Waals surface area contributed by atoms with Gasteiger partial charge in [-0.15, -0.1) is 0 Å². The number of carbonyl (C=O) groups excluding carboxylic acids is 1. The van der Waals surface area contributed by atoms with E-state index in [9.17, 15) is 4.79 Å². The first-order valence-electron chi connectivity index (χ1n) is 8.78. The number of anilines is 1. The lowest BCUT2D eigenvalue weighted by molar-refractivity contribution is -0.134. The van der Waals surface area contributed by atoms with E-state index in [-0.39, 0.29) is 5.91 Å². The van der Waals surface area contributed by atoms with Crippen LogP contribution in [-0.2, 0) is 4.79 Å². The number of likely N-dealkylation sites (tertiary alicyclic amines) is 2. The third-order valence-corrected chi connectivity index (χ3v) is 5.68. The summed E-state index contributed by atoms with van der Waals surface area (Å²) < 4.78 is 0. The van der Waals surface area contributed by atoms with E-state index in [1.54, 1.807) is 0 Å². The van der Waals surface area contributed by atoms with Crippen LogP contribution in [0, 0.1) is 0 Å². The number of hydrogen-bond acceptors (Lipinski definition) is 3. The molecule has 2 aliphatic rings. The largest absolute Gasteiger partial charge is 0.368 e. The van der Waals surface area contributed by atoms with Crippen molar-refractivity contribution in [2.24, 2.45) is 5.73 Å². The highest BCUT2D eigenvalue weighted by molar-refractivity contribution is 7.80. The maximum Gasteiger partial charge on any atom is 0.238 e. The maximum atomic E-state index is 12.3. The van der Waals surface area contributed by atoms with Gasteiger partial charge in [-0.05, 0) is 63.1 Å². The molecule has 5 nitrogen and oxygen atoms in total. The van der Waals surface area contributed by atoms with Gasteiger partial charge in [0.2, 0.25) is 5.91 Å². The lowest BCUT2D eigenvalue weighted by Gasteiger charge is -2.48. The molecular weight excluding hydrogens is 320 g/mol. The minimum absolute atomic E-state index is 0.175. The fourth-order valence-electron chi connectivity index (χ4n) is 3.84. The Hall–Kier alpha value is -1.66. The summed E-state index contributed by atoms with van der Waals surface area (Å²) in [4.78, 5) is 16.7. The Morgan fingerprint density at radius 2 is 1.67 bits per heavy atom. The number of amides is 1. The van der Waals surface area contributed by atoms with Crippen LogP contribution < -0.4 is 11.1 Å². The monoisotopic (exact) mass is 346 g/mol. The van der Waals surface area contributed by atoms with Gasteiger partial charge in [-0.1, -0.05) is 24.6 Å². The molecule has 0 saturated carbocycles. The van der Waals surface area contributed by atoms with Gasteiger partial charge in [-0.3, -0.25) is 9.69 Å². The summed E-state index contributed by atoms with van der Waals surface area (Å²) in [5.41, 5.74) is 6.33. The second-order valence-corrected chi connectivity index (χ2v) is 7.11. The molecule has 0 bridgehead atoms. The Morgan fingerprint density at radius 3 is 2.25 bits per heavy atom. The first-order chi connectivity index (χ1) is 11.6. The predicted octanol–water partition coefficient (Wildman–Crippen LogP) is 2.19. The number of piperidine rings is 2. The Morgan fingerprint density at radius 1 is 1.04 bits per heavy atom. The summed E-state index contributed by atoms with van der Waals surface area (Å²) in [6.07, 6.45) is 5.07. The van der Waals surface area contributed by atoms with Gasteiger partial charge in [0.25, 0.3) is 0 Å². The SMILES string of the molecule is NC(=O)C1(N2CCCCC2)CCN(C(=S)Nc2ccccc2)CC1. The van der Waals surface area contributed by atoms with Crippen molar-refractivity contribution in [3.05, 3.63) is 30.3 Å². The number of primary amides is 1. The van der Waals surface area contributed by atoms with Crippen LogP contribution in [0.3, 0.4) is 0 Å². The second-order valence-electron chi connectivity index (χ2n) is 6.73. The van der Waals surface area contributed by atoms with Crippen molar-refractivity contribution in [1.82, 2.24) is 9.80 Å². The fraction of sp³-hybridized carbons (Fsp3) is 0.556. The Balaban J connectivity index is 1.62. The molecule has 3 rings (SSSR count). The van der Waals surface area contributed by atoms with Crippen LogP contribution in [0.2, 0.25) is 0 Å². The van der Waals surface area contributed by atoms with E-state index in [4.69, 9.17) is 18.0 Å². The van der Waals surface area contributed by atoms with Crippen molar-refractivity contribution in [3.63, 3.8) is 0 Å². The average molecular weight is 347 g/mol. The molecule has 3 N–H and O–H groups in total. The Bertz CT molecular complexity index is 578. The lowest BCUT2D eigenvalue weighted by Crippen LogP contribution is -2.64. The molecule has 1 amide bonds. The van der Waals surface area contributed by atoms with Crippen LogP contribution in [0.1, 0.15) is 32.1 Å². The number of benzene rings is 1. The lowest BCUT2D eigenvalue weighted by atomic mass is 9.83. The molecule has 2 heterocycles. The Labute approximate surface area is 149 Å². The molecule has 24 heavy (non-hydrogen) atoms. The highest BCUT2D eigenvalue weighted by Crippen LogP contribution is 2.31. The number of thiocarbonyl (C=S) groups is 1. The molecule has 2 fully saturated rings. The predicted molar refractivity (Wildman–Crippen MR) is 101 cm³/mol. The van der Waals surface area contributed by atoms with Crippen molar-refractivity contribution in [1.29, 1.82) is 0 Å². The van der Waals surface area contributed by atoms with Gasteiger partial charge in [0.1, 0.15) is 5.54 Å². The Kier molecular flexibility index (Phi) is 5.36. The first kappa shape index (κ1) is 17.2. The van der Waals surface area contributed by atoms with Crippen LogP contribution in [0.25, 0.3) is 0 Å². The van der Waals surface area contributed by atoms with Crippen LogP contribution >= 0.6 is 12.2 Å². The summed E-state index contributed by atoms with van der Waals surface area (Å²) in [6, 6.07) is 9.94. The molecule has 0 aliphatic carbocycles. The van der Waals surface area contributed by atoms with Crippen LogP contribution in [0.5, 0.6) is 0 Å². The van der Waals surface area contributed by atoms with Crippen molar-refractivity contribution in [3.8, 4) is 0 Å². The van der Waals surface area contributed by atoms with Crippen LogP contribution in [0.15, 0.2) is 30.3 Å². The number of nitrogens with one attached hydrogen (secondary N) is 1. The van der Waals surface area contributed by atoms with E-state index in [1.165, 1.54) is 6.42 Å². The van der Waals surface area contributed by atoms with E-state index in [0.717, 1.165) is 62.7 Å². The fourth-order valence-corrected chi connectivity index (χ4v) is 4.14. The van der Waals surface area contributed by atoms with E-state index in [1.807, 2.05) is 30.3 Å². The zero-order valence-corrected chi connectivity index (χ0v) is 14.9. The number of rotatable bonds is 3. The summed E-state index contributed by atoms with van der Waals surface area (Å²) in [6.45, 7) is 3.49. The maximum absolute atomic E-state index is 12.3. The summed E-state index contributed by atoms with van der Waals surface area (Å²) in [5, 5.41) is 4.00. The van der Waals surface area contributed by atoms with E-state index < -0.39 is 5.54 Å². The first-order valence-corrected chi connectivity index (χ1v) is 9.19. The van der Waals surface area contributed by atoms with E-state index in [2.05, 4.69) is 15.1 Å². The number of nitrogens with zero attached hydrogens (tertiary/aromatic N) is 2. The molecule has 6 heteroatoms. The quantitative estimate of drug-likeness (QED) is 0.822. The van der Waals surface area contributed by atoms with Gasteiger partial charge in [0, 0.05) is 18.8 Å². The zero-order chi connectivity index (χ0) is 17.0. The molecule has 0 radical (unpaired) electrons. The molecule has 0 atom stereocenters. The van der Waals surface area contributed by atoms with Crippen molar-refractivity contribution in [2.75, 3.05) is 31.5 Å². The zero-order valence-electron chi connectivity index (χ0n) is 14.0. The summed E-state index contributed by atoms with van der Waals surface area (Å²) >= 11 is 5.54. The molecule has 2 aliphatic heterocycles. The smallest absolute Gasteiger partial charge is 0.238 e. The van der Waals surface area contributed by atoms with Crippen molar-refractivity contribution >= 4 is 28.9 Å². The number of para-hydroxylation sites is 1. The number of nitrogens with two attached hydrogens (primary N) is 1. The molecule has 1 aromatic rings. The minimum Gasteiger partial charge on any atom is -0.368 e. The molecule has 0 spiro atoms. The van der Waals surface area contributed by atoms with Gasteiger partial charge in [-0.25, -0.2) is 0 Å². The van der Waals surface area contributed by atoms with Gasteiger partial charge < -0.3 is 16.0 Å². The molecule has 1 aromatic carbocycles. The molecule has 2 saturated heterocycles. The highest BCUT2D eigenvalue weighted by Gasteiger charge is 2.45. The normalized spacial score (nSPS) is 21.2. The van der Waals surface area contributed by atoms with Crippen LogP contribution in [-0.4, -0.2) is 52.5 Å². The highest BCUT2D eigenvalue weighted by atomic mass is 32.1. The standard InChI is InChI=1S/C18H26N4OS/c19-16(23)18(22-11-5-2-6-12-22)9-13-21(14-10-18)17(24)20-15-7-3-1-4-8-15/h1,3-4,7-8H,2,5-6,9-14H2,(H2,19,23)(H,20,24). The van der Waals surface area contributed by atoms with Crippen molar-refractivity contribution < 1.29 is 4.79 Å². The van der Waals surface area contributed by atoms with Gasteiger partial charge in [0.15, 0.2) is 5.11 Å². The third kappa shape index (κ3) is 3.54. The van der Waals surface area contributed by atoms with Gasteiger partial charge in [-0.2, -0.15) is 0 Å². The van der Waals surface area contributed by atoms with Gasteiger partial charge >= 0.3 is 0 Å². The number of hydrogen-bond donors (Lipinski definition) is 2. The van der Waals surface area contributed by atoms with Crippen LogP contribution in [0.4, 0.5) is 5.69 Å². The second kappa shape index (κ2) is 7.49. The summed E-state index contributed by atoms with van der Waals surface area (Å²) in [7, 11) is 0. The molecule has 130 valence electrons. The molecule has 0 aromatic heterocycles. The molecular formula is C18H26N4OS. The molecule has 0 unspecified atom stereocenters. The number of carbonyl (C=O) groups is 1. The minimum atomic E-state index is -0.487. The van der Waals surface area contributed by atoms with E-state index in [0.29, 0.717) is 0 Å². The topological polar surface area (TPSA) is 61.6 Å². The van der Waals surface area contributed by atoms with Gasteiger partial charge in [0.05, 0.1) is 0 Å². The third-order valence-electron chi connectivity index (χ3n) is 5.32.